The van der Waals surface area contributed by atoms with Crippen molar-refractivity contribution < 1.29 is 9.53 Å². The number of hydrogen-bond donors (Lipinski definition) is 0. The van der Waals surface area contributed by atoms with Gasteiger partial charge in [0.05, 0.1) is 7.11 Å². The van der Waals surface area contributed by atoms with Crippen LogP contribution in [0, 0.1) is 0 Å². The lowest BCUT2D eigenvalue weighted by molar-refractivity contribution is -0.136. The summed E-state index contributed by atoms with van der Waals surface area (Å²) in [5.74, 6) is -0.344. The van der Waals surface area contributed by atoms with Crippen molar-refractivity contribution in [2.45, 2.75) is 13.3 Å². The van der Waals surface area contributed by atoms with Gasteiger partial charge in [-0.2, -0.15) is 0 Å². The maximum absolute atomic E-state index is 11.0. The van der Waals surface area contributed by atoms with Crippen LogP contribution >= 0.6 is 0 Å². The van der Waals surface area contributed by atoms with E-state index in [1.165, 1.54) is 12.7 Å². The predicted octanol–water partition coefficient (Wildman–Crippen LogP) is 4.68. The summed E-state index contributed by atoms with van der Waals surface area (Å²) >= 11 is 0. The fourth-order valence-electron chi connectivity index (χ4n) is 1.78. The molecule has 22 heavy (non-hydrogen) atoms. The van der Waals surface area contributed by atoms with E-state index in [2.05, 4.69) is 30.0 Å². The first-order valence-corrected chi connectivity index (χ1v) is 7.05. The number of esters is 1. The van der Waals surface area contributed by atoms with Gasteiger partial charge in [-0.25, -0.2) is 4.79 Å². The van der Waals surface area contributed by atoms with Crippen molar-refractivity contribution in [3.05, 3.63) is 90.5 Å². The monoisotopic (exact) mass is 294 g/mol. The number of hydrogen-bond acceptors (Lipinski definition) is 2. The number of carbonyl (C=O) groups excluding carboxylic acids is 1. The smallest absolute Gasteiger partial charge is 0.333 e. The highest BCUT2D eigenvalue weighted by Crippen LogP contribution is 2.08. The Balaban J connectivity index is 0.000000235. The Kier molecular flexibility index (Phi) is 7.41. The number of ether oxygens (including phenoxy) is 1. The zero-order chi connectivity index (χ0) is 16.4. The minimum Gasteiger partial charge on any atom is -0.466 e. The molecule has 0 unspecified atom stereocenters. The standard InChI is InChI=1S/C11H12O2.C9H10/c1-9(11(12)13-2)8-10-6-4-3-5-7-10;1-8(2)9-6-4-3-5-7-9/h3-7H,1,8H2,2H3;3-7H,1H2,2H3. The third-order valence-electron chi connectivity index (χ3n) is 3.00. The third kappa shape index (κ3) is 6.23. The van der Waals surface area contributed by atoms with E-state index >= 15 is 0 Å². The molecule has 2 aromatic carbocycles. The molecule has 0 bridgehead atoms. The summed E-state index contributed by atoms with van der Waals surface area (Å²) in [5.41, 5.74) is 3.89. The van der Waals surface area contributed by atoms with E-state index in [0.29, 0.717) is 12.0 Å². The van der Waals surface area contributed by atoms with Gasteiger partial charge in [-0.15, -0.1) is 0 Å². The van der Waals surface area contributed by atoms with Gasteiger partial charge in [0, 0.05) is 12.0 Å². The fourth-order valence-corrected chi connectivity index (χ4v) is 1.78. The van der Waals surface area contributed by atoms with Crippen LogP contribution in [0.15, 0.2) is 79.4 Å². The first kappa shape index (κ1) is 17.4. The van der Waals surface area contributed by atoms with Crippen molar-refractivity contribution in [2.24, 2.45) is 0 Å². The molecule has 0 aromatic heterocycles. The number of benzene rings is 2. The molecule has 0 amide bonds. The molecule has 0 aliphatic heterocycles. The van der Waals surface area contributed by atoms with Crippen molar-refractivity contribution in [3.63, 3.8) is 0 Å². The van der Waals surface area contributed by atoms with Gasteiger partial charge in [0.15, 0.2) is 0 Å². The zero-order valence-corrected chi connectivity index (χ0v) is 13.2. The Hall–Kier alpha value is -2.61. The Labute approximate surface area is 132 Å². The van der Waals surface area contributed by atoms with Crippen LogP contribution in [0.5, 0.6) is 0 Å². The zero-order valence-electron chi connectivity index (χ0n) is 13.2. The summed E-state index contributed by atoms with van der Waals surface area (Å²) < 4.78 is 4.55. The molecule has 0 atom stereocenters. The Morgan fingerprint density at radius 3 is 1.86 bits per heavy atom. The van der Waals surface area contributed by atoms with Crippen LogP contribution < -0.4 is 0 Å². The molecule has 2 rings (SSSR count). The molecule has 2 aromatic rings. The summed E-state index contributed by atoms with van der Waals surface area (Å²) in [4.78, 5) is 11.0. The summed E-state index contributed by atoms with van der Waals surface area (Å²) in [6.07, 6.45) is 0.549. The molecule has 0 aliphatic carbocycles. The number of allylic oxidation sites excluding steroid dienone is 1. The Morgan fingerprint density at radius 2 is 1.45 bits per heavy atom. The number of rotatable bonds is 4. The molecule has 0 N–H and O–H groups in total. The summed E-state index contributed by atoms with van der Waals surface area (Å²) in [5, 5.41) is 0. The van der Waals surface area contributed by atoms with E-state index in [4.69, 9.17) is 0 Å². The van der Waals surface area contributed by atoms with Crippen molar-refractivity contribution in [1.29, 1.82) is 0 Å². The van der Waals surface area contributed by atoms with Gasteiger partial charge in [-0.1, -0.05) is 79.4 Å². The molecule has 0 fully saturated rings. The van der Waals surface area contributed by atoms with E-state index in [9.17, 15) is 4.79 Å². The highest BCUT2D eigenvalue weighted by atomic mass is 16.5. The SMILES string of the molecule is C=C(C)c1ccccc1.C=C(Cc1ccccc1)C(=O)OC. The lowest BCUT2D eigenvalue weighted by atomic mass is 10.1. The molecule has 0 saturated carbocycles. The summed E-state index contributed by atoms with van der Waals surface area (Å²) in [6.45, 7) is 9.48. The Bertz CT molecular complexity index is 613. The van der Waals surface area contributed by atoms with Crippen LogP contribution in [0.1, 0.15) is 18.1 Å². The average molecular weight is 294 g/mol. The van der Waals surface area contributed by atoms with Gasteiger partial charge in [-0.05, 0) is 18.1 Å². The van der Waals surface area contributed by atoms with Gasteiger partial charge in [0.25, 0.3) is 0 Å². The predicted molar refractivity (Wildman–Crippen MR) is 92.5 cm³/mol. The first-order valence-electron chi connectivity index (χ1n) is 7.05. The fraction of sp³-hybridized carbons (Fsp3) is 0.150. The largest absolute Gasteiger partial charge is 0.466 e. The van der Waals surface area contributed by atoms with Gasteiger partial charge >= 0.3 is 5.97 Å². The first-order chi connectivity index (χ1) is 10.5. The van der Waals surface area contributed by atoms with Crippen molar-refractivity contribution in [1.82, 2.24) is 0 Å². The molecule has 0 heterocycles. The third-order valence-corrected chi connectivity index (χ3v) is 3.00. The maximum atomic E-state index is 11.0. The maximum Gasteiger partial charge on any atom is 0.333 e. The van der Waals surface area contributed by atoms with Crippen LogP contribution in [-0.4, -0.2) is 13.1 Å². The minimum absolute atomic E-state index is 0.344. The van der Waals surface area contributed by atoms with E-state index in [0.717, 1.165) is 11.1 Å². The topological polar surface area (TPSA) is 26.3 Å². The van der Waals surface area contributed by atoms with E-state index in [1.807, 2.05) is 55.5 Å². The lowest BCUT2D eigenvalue weighted by Gasteiger charge is -2.02. The van der Waals surface area contributed by atoms with E-state index in [1.54, 1.807) is 0 Å². The number of carbonyl (C=O) groups is 1. The average Bonchev–Trinajstić information content (AvgIpc) is 2.56. The molecule has 2 nitrogen and oxygen atoms in total. The normalized spacial score (nSPS) is 9.18. The van der Waals surface area contributed by atoms with Crippen LogP contribution in [0.4, 0.5) is 0 Å². The van der Waals surface area contributed by atoms with Gasteiger partial charge in [0.2, 0.25) is 0 Å². The second-order valence-corrected chi connectivity index (χ2v) is 4.90. The van der Waals surface area contributed by atoms with Crippen LogP contribution in [0.2, 0.25) is 0 Å². The van der Waals surface area contributed by atoms with Crippen LogP contribution in [-0.2, 0) is 16.0 Å². The Morgan fingerprint density at radius 1 is 0.955 bits per heavy atom. The minimum atomic E-state index is -0.344. The van der Waals surface area contributed by atoms with Crippen molar-refractivity contribution in [3.8, 4) is 0 Å². The molecule has 2 heteroatoms. The van der Waals surface area contributed by atoms with E-state index < -0.39 is 0 Å². The lowest BCUT2D eigenvalue weighted by Crippen LogP contribution is -2.05. The van der Waals surface area contributed by atoms with Gasteiger partial charge in [0.1, 0.15) is 0 Å². The quantitative estimate of drug-likeness (QED) is 0.604. The summed E-state index contributed by atoms with van der Waals surface area (Å²) in [6, 6.07) is 19.9. The van der Waals surface area contributed by atoms with Crippen molar-refractivity contribution >= 4 is 11.5 Å². The molecular weight excluding hydrogens is 272 g/mol. The molecule has 0 radical (unpaired) electrons. The summed E-state index contributed by atoms with van der Waals surface area (Å²) in [7, 11) is 1.36. The van der Waals surface area contributed by atoms with Crippen LogP contribution in [0.3, 0.4) is 0 Å². The molecule has 0 aliphatic rings. The highest BCUT2D eigenvalue weighted by molar-refractivity contribution is 5.88. The van der Waals surface area contributed by atoms with Crippen LogP contribution in [0.25, 0.3) is 5.57 Å². The molecule has 0 spiro atoms. The van der Waals surface area contributed by atoms with Gasteiger partial charge in [-0.3, -0.25) is 0 Å². The molecule has 0 saturated heterocycles. The number of methoxy groups -OCH3 is 1. The second kappa shape index (κ2) is 9.35. The van der Waals surface area contributed by atoms with E-state index in [-0.39, 0.29) is 5.97 Å². The highest BCUT2D eigenvalue weighted by Gasteiger charge is 2.06. The van der Waals surface area contributed by atoms with Gasteiger partial charge < -0.3 is 4.74 Å². The second-order valence-electron chi connectivity index (χ2n) is 4.90. The molecule has 114 valence electrons. The van der Waals surface area contributed by atoms with Crippen molar-refractivity contribution in [2.75, 3.05) is 7.11 Å². The molecular formula is C20H22O2.